The van der Waals surface area contributed by atoms with E-state index in [4.69, 9.17) is 0 Å². The van der Waals surface area contributed by atoms with E-state index in [1.54, 1.807) is 18.2 Å². The quantitative estimate of drug-likeness (QED) is 0.776. The van der Waals surface area contributed by atoms with Gasteiger partial charge in [-0.3, -0.25) is 0 Å². The maximum atomic E-state index is 14.1. The van der Waals surface area contributed by atoms with Gasteiger partial charge in [0.15, 0.2) is 0 Å². The molecule has 0 fully saturated rings. The summed E-state index contributed by atoms with van der Waals surface area (Å²) in [5, 5.41) is 10.3. The summed E-state index contributed by atoms with van der Waals surface area (Å²) in [7, 11) is 0. The molecule has 0 saturated carbocycles. The van der Waals surface area contributed by atoms with Crippen molar-refractivity contribution in [3.05, 3.63) is 70.7 Å². The SMILES string of the molecule is O=C(O)c1ccc2c(c1)c1c(n2Cc2ccccc2F)CCCC1. The molecule has 4 rings (SSSR count). The number of aromatic nitrogens is 1. The van der Waals surface area contributed by atoms with E-state index >= 15 is 0 Å². The zero-order valence-electron chi connectivity index (χ0n) is 13.3. The third-order valence-electron chi connectivity index (χ3n) is 4.91. The van der Waals surface area contributed by atoms with Crippen molar-refractivity contribution in [3.8, 4) is 0 Å². The van der Waals surface area contributed by atoms with Crippen molar-refractivity contribution < 1.29 is 14.3 Å². The minimum absolute atomic E-state index is 0.203. The van der Waals surface area contributed by atoms with E-state index < -0.39 is 5.97 Å². The standard InChI is InChI=1S/C20H18FNO2/c21-17-7-3-1-5-14(17)12-22-18-8-4-2-6-15(18)16-11-13(20(23)24)9-10-19(16)22/h1,3,5,7,9-11H,2,4,6,8,12H2,(H,23,24). The number of benzene rings is 2. The summed E-state index contributed by atoms with van der Waals surface area (Å²) in [4.78, 5) is 11.3. The van der Waals surface area contributed by atoms with Gasteiger partial charge in [-0.25, -0.2) is 9.18 Å². The van der Waals surface area contributed by atoms with Gasteiger partial charge in [-0.2, -0.15) is 0 Å². The van der Waals surface area contributed by atoms with Gasteiger partial charge < -0.3 is 9.67 Å². The number of aromatic carboxylic acids is 1. The molecule has 1 aromatic heterocycles. The Labute approximate surface area is 139 Å². The van der Waals surface area contributed by atoms with E-state index in [1.807, 2.05) is 18.2 Å². The fourth-order valence-corrected chi connectivity index (χ4v) is 3.75. The van der Waals surface area contributed by atoms with Gasteiger partial charge in [0.1, 0.15) is 5.82 Å². The Morgan fingerprint density at radius 1 is 1.12 bits per heavy atom. The Kier molecular flexibility index (Phi) is 3.60. The number of halogens is 1. The molecule has 3 nitrogen and oxygen atoms in total. The van der Waals surface area contributed by atoms with E-state index in [1.165, 1.54) is 17.3 Å². The lowest BCUT2D eigenvalue weighted by molar-refractivity contribution is 0.0697. The van der Waals surface area contributed by atoms with Crippen molar-refractivity contribution in [2.75, 3.05) is 0 Å². The van der Waals surface area contributed by atoms with Crippen LogP contribution in [-0.2, 0) is 19.4 Å². The normalized spacial score (nSPS) is 13.9. The highest BCUT2D eigenvalue weighted by Crippen LogP contribution is 2.33. The number of nitrogens with zero attached hydrogens (tertiary/aromatic N) is 1. The molecule has 2 aromatic carbocycles. The maximum absolute atomic E-state index is 14.1. The average Bonchev–Trinajstić information content (AvgIpc) is 2.90. The van der Waals surface area contributed by atoms with Crippen LogP contribution in [-0.4, -0.2) is 15.6 Å². The highest BCUT2D eigenvalue weighted by molar-refractivity contribution is 5.95. The fraction of sp³-hybridized carbons (Fsp3) is 0.250. The van der Waals surface area contributed by atoms with Gasteiger partial charge >= 0.3 is 5.97 Å². The molecule has 0 bridgehead atoms. The molecule has 4 heteroatoms. The Morgan fingerprint density at radius 2 is 1.92 bits per heavy atom. The molecular weight excluding hydrogens is 305 g/mol. The van der Waals surface area contributed by atoms with Gasteiger partial charge in [0.05, 0.1) is 12.1 Å². The number of fused-ring (bicyclic) bond motifs is 3. The first-order valence-electron chi connectivity index (χ1n) is 8.26. The predicted octanol–water partition coefficient (Wildman–Crippen LogP) is 4.41. The number of hydrogen-bond donors (Lipinski definition) is 1. The second-order valence-electron chi connectivity index (χ2n) is 6.35. The molecule has 1 N–H and O–H groups in total. The first-order chi connectivity index (χ1) is 11.6. The van der Waals surface area contributed by atoms with Gasteiger partial charge in [0.2, 0.25) is 0 Å². The van der Waals surface area contributed by atoms with Crippen molar-refractivity contribution in [1.82, 2.24) is 4.57 Å². The summed E-state index contributed by atoms with van der Waals surface area (Å²) in [6.07, 6.45) is 4.15. The fourth-order valence-electron chi connectivity index (χ4n) is 3.75. The lowest BCUT2D eigenvalue weighted by Gasteiger charge is -2.16. The van der Waals surface area contributed by atoms with E-state index in [0.29, 0.717) is 17.7 Å². The van der Waals surface area contributed by atoms with Crippen LogP contribution < -0.4 is 0 Å². The molecule has 122 valence electrons. The Hall–Kier alpha value is -2.62. The number of carboxylic acids is 1. The number of carboxylic acid groups (broad SMARTS) is 1. The van der Waals surface area contributed by atoms with E-state index in [2.05, 4.69) is 4.57 Å². The molecule has 0 aliphatic heterocycles. The molecule has 24 heavy (non-hydrogen) atoms. The van der Waals surface area contributed by atoms with Crippen LogP contribution in [0.4, 0.5) is 4.39 Å². The van der Waals surface area contributed by atoms with Gasteiger partial charge in [-0.1, -0.05) is 18.2 Å². The van der Waals surface area contributed by atoms with Crippen LogP contribution >= 0.6 is 0 Å². The number of hydrogen-bond acceptors (Lipinski definition) is 1. The summed E-state index contributed by atoms with van der Waals surface area (Å²) in [5.74, 6) is -1.12. The predicted molar refractivity (Wildman–Crippen MR) is 91.0 cm³/mol. The van der Waals surface area contributed by atoms with Crippen molar-refractivity contribution in [2.24, 2.45) is 0 Å². The van der Waals surface area contributed by atoms with E-state index in [9.17, 15) is 14.3 Å². The lowest BCUT2D eigenvalue weighted by atomic mass is 9.95. The Morgan fingerprint density at radius 3 is 2.71 bits per heavy atom. The lowest BCUT2D eigenvalue weighted by Crippen LogP contribution is -2.10. The molecule has 0 unspecified atom stereocenters. The van der Waals surface area contributed by atoms with E-state index in [-0.39, 0.29) is 5.82 Å². The van der Waals surface area contributed by atoms with E-state index in [0.717, 1.165) is 36.6 Å². The van der Waals surface area contributed by atoms with Crippen LogP contribution in [0.3, 0.4) is 0 Å². The number of aryl methyl sites for hydroxylation is 1. The molecule has 0 atom stereocenters. The first-order valence-corrected chi connectivity index (χ1v) is 8.26. The third kappa shape index (κ3) is 2.39. The second-order valence-corrected chi connectivity index (χ2v) is 6.35. The summed E-state index contributed by atoms with van der Waals surface area (Å²) < 4.78 is 16.3. The first kappa shape index (κ1) is 14.9. The Bertz CT molecular complexity index is 942. The average molecular weight is 323 g/mol. The zero-order chi connectivity index (χ0) is 16.7. The van der Waals surface area contributed by atoms with Crippen LogP contribution in [0.25, 0.3) is 10.9 Å². The summed E-state index contributed by atoms with van der Waals surface area (Å²) >= 11 is 0. The van der Waals surface area contributed by atoms with Crippen molar-refractivity contribution in [1.29, 1.82) is 0 Å². The minimum Gasteiger partial charge on any atom is -0.478 e. The second kappa shape index (κ2) is 5.78. The molecule has 0 radical (unpaired) electrons. The minimum atomic E-state index is -0.914. The molecule has 0 saturated heterocycles. The van der Waals surface area contributed by atoms with Crippen LogP contribution in [0.15, 0.2) is 42.5 Å². The van der Waals surface area contributed by atoms with Crippen LogP contribution in [0.5, 0.6) is 0 Å². The van der Waals surface area contributed by atoms with Crippen LogP contribution in [0.1, 0.15) is 40.0 Å². The highest BCUT2D eigenvalue weighted by Gasteiger charge is 2.21. The number of rotatable bonds is 3. The van der Waals surface area contributed by atoms with Crippen molar-refractivity contribution >= 4 is 16.9 Å². The molecule has 1 aliphatic carbocycles. The maximum Gasteiger partial charge on any atom is 0.335 e. The van der Waals surface area contributed by atoms with Gasteiger partial charge in [0, 0.05) is 22.2 Å². The monoisotopic (exact) mass is 323 g/mol. The summed E-state index contributed by atoms with van der Waals surface area (Å²) in [6, 6.07) is 12.1. The third-order valence-corrected chi connectivity index (χ3v) is 4.91. The number of carbonyl (C=O) groups is 1. The van der Waals surface area contributed by atoms with Crippen LogP contribution in [0, 0.1) is 5.82 Å². The zero-order valence-corrected chi connectivity index (χ0v) is 13.3. The molecule has 3 aromatic rings. The molecular formula is C20H18FNO2. The highest BCUT2D eigenvalue weighted by atomic mass is 19.1. The summed E-state index contributed by atoms with van der Waals surface area (Å²) in [6.45, 7) is 0.477. The largest absolute Gasteiger partial charge is 0.478 e. The van der Waals surface area contributed by atoms with Crippen molar-refractivity contribution in [2.45, 2.75) is 32.2 Å². The van der Waals surface area contributed by atoms with Crippen molar-refractivity contribution in [3.63, 3.8) is 0 Å². The van der Waals surface area contributed by atoms with Gasteiger partial charge in [0.25, 0.3) is 0 Å². The summed E-state index contributed by atoms with van der Waals surface area (Å²) in [5.41, 5.74) is 4.41. The molecule has 1 heterocycles. The van der Waals surface area contributed by atoms with Crippen LogP contribution in [0.2, 0.25) is 0 Å². The molecule has 0 spiro atoms. The topological polar surface area (TPSA) is 42.2 Å². The smallest absolute Gasteiger partial charge is 0.335 e. The van der Waals surface area contributed by atoms with Gasteiger partial charge in [-0.15, -0.1) is 0 Å². The van der Waals surface area contributed by atoms with Gasteiger partial charge in [-0.05, 0) is 55.5 Å². The Balaban J connectivity index is 1.91. The molecule has 0 amide bonds. The molecule has 1 aliphatic rings.